The van der Waals surface area contributed by atoms with Gasteiger partial charge < -0.3 is 26.4 Å². The van der Waals surface area contributed by atoms with E-state index >= 15 is 0 Å². The Hall–Kier alpha value is -3.30. The lowest BCUT2D eigenvalue weighted by atomic mass is 10.1. The Balaban J connectivity index is 1.53. The van der Waals surface area contributed by atoms with Gasteiger partial charge in [0.15, 0.2) is 5.78 Å². The Kier molecular flexibility index (Phi) is 8.89. The molecule has 3 atom stereocenters. The van der Waals surface area contributed by atoms with Gasteiger partial charge in [0.1, 0.15) is 24.4 Å². The van der Waals surface area contributed by atoms with Crippen LogP contribution in [0.5, 0.6) is 0 Å². The van der Waals surface area contributed by atoms with Gasteiger partial charge in [-0.25, -0.2) is 9.98 Å². The molecule has 1 aromatic rings. The van der Waals surface area contributed by atoms with Crippen LogP contribution < -0.4 is 16.8 Å². The van der Waals surface area contributed by atoms with E-state index in [-0.39, 0.29) is 30.6 Å². The molecule has 0 amide bonds. The molecule has 198 valence electrons. The number of likely N-dealkylation sites (tertiary alicyclic amines) is 1. The number of nitrogens with zero attached hydrogens (tertiary/aromatic N) is 4. The minimum atomic E-state index is -0.377. The second-order valence-electron chi connectivity index (χ2n) is 10.1. The molecule has 5 N–H and O–H groups in total. The Morgan fingerprint density at radius 3 is 2.62 bits per heavy atom. The Morgan fingerprint density at radius 2 is 1.97 bits per heavy atom. The highest BCUT2D eigenvalue weighted by atomic mass is 16.5. The lowest BCUT2D eigenvalue weighted by Crippen LogP contribution is -2.49. The van der Waals surface area contributed by atoms with Crippen LogP contribution in [0.4, 0.5) is 0 Å². The molecule has 1 aliphatic carbocycles. The monoisotopic (exact) mass is 505 g/mol. The number of guanidine groups is 1. The van der Waals surface area contributed by atoms with E-state index in [9.17, 15) is 4.79 Å². The number of likely N-dealkylation sites (N-methyl/N-ethyl adjacent to an activating group) is 1. The van der Waals surface area contributed by atoms with Crippen molar-refractivity contribution in [3.63, 3.8) is 0 Å². The predicted molar refractivity (Wildman–Crippen MR) is 149 cm³/mol. The molecule has 9 nitrogen and oxygen atoms in total. The lowest BCUT2D eigenvalue weighted by molar-refractivity contribution is -0.113. The number of amidine groups is 2. The SMILES string of the molecule is CC/C(=C\C(N)=NC1=NC(=NCC(=O)C=C(N)c2ccccc2)NC(OC2CCN(C)C2)C1C)C1CC1. The first kappa shape index (κ1) is 26.8. The summed E-state index contributed by atoms with van der Waals surface area (Å²) in [6, 6.07) is 9.37. The Bertz CT molecular complexity index is 1120. The number of carbonyl (C=O) groups excluding carboxylic acids is 1. The van der Waals surface area contributed by atoms with Gasteiger partial charge in [-0.15, -0.1) is 0 Å². The van der Waals surface area contributed by atoms with E-state index in [4.69, 9.17) is 16.2 Å². The van der Waals surface area contributed by atoms with Crippen LogP contribution in [-0.4, -0.2) is 67.3 Å². The third kappa shape index (κ3) is 7.60. The first-order valence-electron chi connectivity index (χ1n) is 13.2. The summed E-state index contributed by atoms with van der Waals surface area (Å²) < 4.78 is 6.40. The quantitative estimate of drug-likeness (QED) is 0.269. The van der Waals surface area contributed by atoms with E-state index in [1.54, 1.807) is 0 Å². The third-order valence-electron chi connectivity index (χ3n) is 6.94. The first-order chi connectivity index (χ1) is 17.8. The van der Waals surface area contributed by atoms with Crippen LogP contribution >= 0.6 is 0 Å². The molecule has 1 saturated carbocycles. The van der Waals surface area contributed by atoms with Crippen LogP contribution in [0.3, 0.4) is 0 Å². The summed E-state index contributed by atoms with van der Waals surface area (Å²) in [5.41, 5.74) is 14.9. The maximum absolute atomic E-state index is 12.6. The van der Waals surface area contributed by atoms with Gasteiger partial charge in [0, 0.05) is 24.9 Å². The van der Waals surface area contributed by atoms with Crippen molar-refractivity contribution >= 4 is 29.1 Å². The fraction of sp³-hybridized carbons (Fsp3) is 0.500. The number of hydrogen-bond donors (Lipinski definition) is 3. The Morgan fingerprint density at radius 1 is 1.22 bits per heavy atom. The van der Waals surface area contributed by atoms with Crippen molar-refractivity contribution in [1.29, 1.82) is 0 Å². The maximum Gasteiger partial charge on any atom is 0.222 e. The van der Waals surface area contributed by atoms with Crippen molar-refractivity contribution in [2.45, 2.75) is 51.9 Å². The molecule has 0 radical (unpaired) electrons. The van der Waals surface area contributed by atoms with E-state index in [0.717, 1.165) is 31.5 Å². The van der Waals surface area contributed by atoms with Crippen LogP contribution in [0.1, 0.15) is 45.1 Å². The summed E-state index contributed by atoms with van der Waals surface area (Å²) >= 11 is 0. The smallest absolute Gasteiger partial charge is 0.222 e. The molecule has 3 unspecified atom stereocenters. The summed E-state index contributed by atoms with van der Waals surface area (Å²) in [7, 11) is 2.09. The molecule has 1 aromatic carbocycles. The molecule has 3 aliphatic rings. The van der Waals surface area contributed by atoms with Crippen LogP contribution in [-0.2, 0) is 9.53 Å². The lowest BCUT2D eigenvalue weighted by Gasteiger charge is -2.31. The van der Waals surface area contributed by atoms with Crippen LogP contribution in [0.25, 0.3) is 5.70 Å². The van der Waals surface area contributed by atoms with Crippen LogP contribution in [0, 0.1) is 11.8 Å². The summed E-state index contributed by atoms with van der Waals surface area (Å²) in [5, 5.41) is 3.26. The molecule has 2 heterocycles. The average Bonchev–Trinajstić information content (AvgIpc) is 3.65. The topological polar surface area (TPSA) is 131 Å². The van der Waals surface area contributed by atoms with E-state index < -0.39 is 0 Å². The summed E-state index contributed by atoms with van der Waals surface area (Å²) in [5.74, 6) is 1.55. The molecule has 0 spiro atoms. The minimum absolute atomic E-state index is 0.0966. The van der Waals surface area contributed by atoms with Crippen molar-refractivity contribution in [3.05, 3.63) is 53.6 Å². The zero-order valence-corrected chi connectivity index (χ0v) is 22.1. The van der Waals surface area contributed by atoms with E-state index in [0.29, 0.717) is 29.2 Å². The second kappa shape index (κ2) is 12.3. The minimum Gasteiger partial charge on any atom is -0.398 e. The molecule has 2 aliphatic heterocycles. The molecule has 4 rings (SSSR count). The number of hydrogen-bond acceptors (Lipinski definition) is 6. The predicted octanol–water partition coefficient (Wildman–Crippen LogP) is 2.70. The highest BCUT2D eigenvalue weighted by Crippen LogP contribution is 2.37. The van der Waals surface area contributed by atoms with Crippen molar-refractivity contribution in [2.24, 2.45) is 38.3 Å². The molecule has 37 heavy (non-hydrogen) atoms. The number of ether oxygens (including phenoxy) is 1. The first-order valence-corrected chi connectivity index (χ1v) is 13.2. The van der Waals surface area contributed by atoms with Crippen LogP contribution in [0.2, 0.25) is 0 Å². The Labute approximate surface area is 219 Å². The number of carbonyl (C=O) groups is 1. The van der Waals surface area contributed by atoms with E-state index in [1.165, 1.54) is 24.5 Å². The fourth-order valence-electron chi connectivity index (χ4n) is 4.61. The van der Waals surface area contributed by atoms with Gasteiger partial charge in [-0.2, -0.15) is 4.99 Å². The summed E-state index contributed by atoms with van der Waals surface area (Å²) in [4.78, 5) is 28.5. The summed E-state index contributed by atoms with van der Waals surface area (Å²) in [6.07, 6.45) is 7.46. The van der Waals surface area contributed by atoms with Gasteiger partial charge >= 0.3 is 0 Å². The molecular weight excluding hydrogens is 466 g/mol. The largest absolute Gasteiger partial charge is 0.398 e. The second-order valence-corrected chi connectivity index (χ2v) is 10.1. The highest BCUT2D eigenvalue weighted by molar-refractivity contribution is 6.08. The third-order valence-corrected chi connectivity index (χ3v) is 6.94. The fourth-order valence-corrected chi connectivity index (χ4v) is 4.61. The van der Waals surface area contributed by atoms with Gasteiger partial charge in [-0.1, -0.05) is 49.8 Å². The normalized spacial score (nSPS) is 26.8. The zero-order chi connectivity index (χ0) is 26.4. The van der Waals surface area contributed by atoms with Gasteiger partial charge in [0.2, 0.25) is 5.96 Å². The van der Waals surface area contributed by atoms with Gasteiger partial charge in [-0.3, -0.25) is 4.79 Å². The number of aliphatic imine (C=N–C) groups is 3. The van der Waals surface area contributed by atoms with Crippen molar-refractivity contribution in [2.75, 3.05) is 26.7 Å². The standard InChI is InChI=1S/C28H39N7O2/c1-4-19(20-10-11-20)14-25(30)32-26-18(2)27(37-23-12-13-35(3)17-23)34-28(33-26)31-16-22(36)15-24(29)21-8-6-5-7-9-21/h5-9,14-15,18,20,23,27H,4,10-13,16-17,29H2,1-3H3,(H3,30,31,32,33,34)/b19-14+,24-15?. The molecule has 0 aromatic heterocycles. The van der Waals surface area contributed by atoms with E-state index in [2.05, 4.69) is 39.2 Å². The molecule has 9 heteroatoms. The number of allylic oxidation sites excluding steroid dienone is 1. The van der Waals surface area contributed by atoms with Crippen molar-refractivity contribution in [1.82, 2.24) is 10.2 Å². The average molecular weight is 506 g/mol. The van der Waals surface area contributed by atoms with Gasteiger partial charge in [0.25, 0.3) is 0 Å². The number of benzene rings is 1. The maximum atomic E-state index is 12.6. The molecule has 0 bridgehead atoms. The molecule has 1 saturated heterocycles. The van der Waals surface area contributed by atoms with Gasteiger partial charge in [-0.05, 0) is 50.3 Å². The highest BCUT2D eigenvalue weighted by Gasteiger charge is 2.33. The summed E-state index contributed by atoms with van der Waals surface area (Å²) in [6.45, 7) is 5.92. The number of nitrogens with one attached hydrogen (secondary N) is 1. The number of nitrogens with two attached hydrogens (primary N) is 2. The van der Waals surface area contributed by atoms with Gasteiger partial charge in [0.05, 0.1) is 12.0 Å². The molecular formula is C28H39N7O2. The van der Waals surface area contributed by atoms with Crippen LogP contribution in [0.15, 0.2) is 63.0 Å². The van der Waals surface area contributed by atoms with E-state index in [1.807, 2.05) is 43.3 Å². The number of rotatable bonds is 9. The zero-order valence-electron chi connectivity index (χ0n) is 22.1. The van der Waals surface area contributed by atoms with Crippen molar-refractivity contribution in [3.8, 4) is 0 Å². The number of ketones is 1. The van der Waals surface area contributed by atoms with Crippen molar-refractivity contribution < 1.29 is 9.53 Å². The molecule has 2 fully saturated rings.